The van der Waals surface area contributed by atoms with Crippen LogP contribution in [0.4, 0.5) is 11.6 Å². The van der Waals surface area contributed by atoms with Crippen molar-refractivity contribution in [2.24, 2.45) is 0 Å². The van der Waals surface area contributed by atoms with Crippen LogP contribution in [0, 0.1) is 6.92 Å². The molecule has 2 rings (SSSR count). The van der Waals surface area contributed by atoms with Crippen molar-refractivity contribution in [3.63, 3.8) is 0 Å². The predicted octanol–water partition coefficient (Wildman–Crippen LogP) is 2.53. The number of hydrogen-bond acceptors (Lipinski definition) is 5. The molecule has 0 aliphatic heterocycles. The molecule has 0 aromatic carbocycles. The Morgan fingerprint density at radius 3 is 2.79 bits per heavy atom. The molecule has 2 aromatic heterocycles. The number of aryl methyl sites for hydroxylation is 2. The Labute approximate surface area is 112 Å². The van der Waals surface area contributed by atoms with E-state index in [1.807, 2.05) is 44.6 Å². The van der Waals surface area contributed by atoms with Crippen LogP contribution in [0.5, 0.6) is 5.88 Å². The second-order valence-electron chi connectivity index (χ2n) is 4.55. The zero-order valence-electron chi connectivity index (χ0n) is 11.7. The highest BCUT2D eigenvalue weighted by Gasteiger charge is 2.06. The lowest BCUT2D eigenvalue weighted by molar-refractivity contribution is 0.232. The minimum Gasteiger partial charge on any atom is -0.475 e. The molecule has 2 heterocycles. The van der Waals surface area contributed by atoms with Gasteiger partial charge in [-0.15, -0.1) is 0 Å². The van der Waals surface area contributed by atoms with Gasteiger partial charge < -0.3 is 10.1 Å². The van der Waals surface area contributed by atoms with Crippen LogP contribution < -0.4 is 10.1 Å². The molecule has 0 aliphatic rings. The van der Waals surface area contributed by atoms with Gasteiger partial charge in [-0.3, -0.25) is 4.68 Å². The summed E-state index contributed by atoms with van der Waals surface area (Å²) in [7, 11) is 0. The predicted molar refractivity (Wildman–Crippen MR) is 73.7 cm³/mol. The molecule has 6 heteroatoms. The van der Waals surface area contributed by atoms with Crippen molar-refractivity contribution in [1.82, 2.24) is 19.7 Å². The number of aromatic nitrogens is 4. The molecule has 0 saturated heterocycles. The van der Waals surface area contributed by atoms with Gasteiger partial charge in [-0.25, -0.2) is 4.98 Å². The van der Waals surface area contributed by atoms with E-state index < -0.39 is 0 Å². The van der Waals surface area contributed by atoms with Crippen LogP contribution in [0.15, 0.2) is 18.5 Å². The van der Waals surface area contributed by atoms with Crippen molar-refractivity contribution >= 4 is 11.6 Å². The fourth-order valence-corrected chi connectivity index (χ4v) is 1.63. The Morgan fingerprint density at radius 1 is 1.37 bits per heavy atom. The van der Waals surface area contributed by atoms with Gasteiger partial charge >= 0.3 is 0 Å². The Kier molecular flexibility index (Phi) is 3.99. The molecule has 0 spiro atoms. The summed E-state index contributed by atoms with van der Waals surface area (Å²) in [5, 5.41) is 7.32. The monoisotopic (exact) mass is 261 g/mol. The summed E-state index contributed by atoms with van der Waals surface area (Å²) in [6, 6.07) is 1.82. The first-order chi connectivity index (χ1) is 9.06. The smallest absolute Gasteiger partial charge is 0.230 e. The summed E-state index contributed by atoms with van der Waals surface area (Å²) in [5.41, 5.74) is 1.72. The van der Waals surface area contributed by atoms with Crippen molar-refractivity contribution in [3.8, 4) is 5.88 Å². The van der Waals surface area contributed by atoms with Crippen LogP contribution in [0.2, 0.25) is 0 Å². The summed E-state index contributed by atoms with van der Waals surface area (Å²) >= 11 is 0. The Hall–Kier alpha value is -2.11. The number of ether oxygens (including phenoxy) is 1. The van der Waals surface area contributed by atoms with Gasteiger partial charge in [0, 0.05) is 24.5 Å². The van der Waals surface area contributed by atoms with Crippen molar-refractivity contribution < 1.29 is 4.74 Å². The Morgan fingerprint density at radius 2 is 2.16 bits per heavy atom. The molecule has 0 saturated carbocycles. The van der Waals surface area contributed by atoms with Gasteiger partial charge in [0.2, 0.25) is 11.8 Å². The highest BCUT2D eigenvalue weighted by molar-refractivity contribution is 5.51. The van der Waals surface area contributed by atoms with E-state index >= 15 is 0 Å². The number of nitrogens with zero attached hydrogens (tertiary/aromatic N) is 4. The van der Waals surface area contributed by atoms with Crippen molar-refractivity contribution in [1.29, 1.82) is 0 Å². The molecule has 0 bridgehead atoms. The van der Waals surface area contributed by atoms with E-state index in [1.165, 1.54) is 0 Å². The van der Waals surface area contributed by atoms with E-state index in [-0.39, 0.29) is 6.10 Å². The molecule has 0 unspecified atom stereocenters. The van der Waals surface area contributed by atoms with E-state index in [1.54, 1.807) is 6.20 Å². The number of rotatable bonds is 5. The van der Waals surface area contributed by atoms with Crippen molar-refractivity contribution in [2.45, 2.75) is 40.3 Å². The van der Waals surface area contributed by atoms with Gasteiger partial charge in [-0.1, -0.05) is 0 Å². The Bertz CT molecular complexity index is 550. The molecule has 19 heavy (non-hydrogen) atoms. The molecule has 2 aromatic rings. The first-order valence-electron chi connectivity index (χ1n) is 6.38. The van der Waals surface area contributed by atoms with E-state index in [0.29, 0.717) is 11.8 Å². The fraction of sp³-hybridized carbons (Fsp3) is 0.462. The lowest BCUT2D eigenvalue weighted by Crippen LogP contribution is -2.08. The molecular formula is C13H19N5O. The molecule has 1 N–H and O–H groups in total. The number of anilines is 2. The molecule has 6 nitrogen and oxygen atoms in total. The number of nitrogens with one attached hydrogen (secondary N) is 1. The highest BCUT2D eigenvalue weighted by Crippen LogP contribution is 2.17. The standard InChI is InChI=1S/C13H19N5O/c1-5-18-8-11(7-14-18)16-13-15-10(4)6-12(17-13)19-9(2)3/h6-9H,5H2,1-4H3,(H,15,16,17). The van der Waals surface area contributed by atoms with Crippen LogP contribution in [0.25, 0.3) is 0 Å². The van der Waals surface area contributed by atoms with Gasteiger partial charge in [0.05, 0.1) is 18.0 Å². The van der Waals surface area contributed by atoms with Gasteiger partial charge in [0.1, 0.15) is 0 Å². The van der Waals surface area contributed by atoms with E-state index in [2.05, 4.69) is 20.4 Å². The average molecular weight is 261 g/mol. The molecular weight excluding hydrogens is 242 g/mol. The summed E-state index contributed by atoms with van der Waals surface area (Å²) in [6.45, 7) is 8.72. The van der Waals surface area contributed by atoms with Gasteiger partial charge in [0.25, 0.3) is 0 Å². The average Bonchev–Trinajstić information content (AvgIpc) is 2.74. The van der Waals surface area contributed by atoms with Crippen LogP contribution in [-0.4, -0.2) is 25.9 Å². The maximum atomic E-state index is 5.59. The molecule has 0 fully saturated rings. The summed E-state index contributed by atoms with van der Waals surface area (Å²) in [6.07, 6.45) is 3.75. The molecule has 0 aliphatic carbocycles. The largest absolute Gasteiger partial charge is 0.475 e. The van der Waals surface area contributed by atoms with Crippen LogP contribution in [0.1, 0.15) is 26.5 Å². The Balaban J connectivity index is 2.17. The topological polar surface area (TPSA) is 64.9 Å². The molecule has 102 valence electrons. The molecule has 0 radical (unpaired) electrons. The minimum absolute atomic E-state index is 0.0880. The maximum absolute atomic E-state index is 5.59. The number of hydrogen-bond donors (Lipinski definition) is 1. The van der Waals surface area contributed by atoms with Gasteiger partial charge in [-0.2, -0.15) is 10.1 Å². The highest BCUT2D eigenvalue weighted by atomic mass is 16.5. The van der Waals surface area contributed by atoms with Crippen LogP contribution in [-0.2, 0) is 6.54 Å². The first-order valence-corrected chi connectivity index (χ1v) is 6.38. The first kappa shape index (κ1) is 13.3. The second-order valence-corrected chi connectivity index (χ2v) is 4.55. The molecule has 0 amide bonds. The third-order valence-electron chi connectivity index (χ3n) is 2.40. The minimum atomic E-state index is 0.0880. The lowest BCUT2D eigenvalue weighted by Gasteiger charge is -2.10. The van der Waals surface area contributed by atoms with E-state index in [0.717, 1.165) is 17.9 Å². The van der Waals surface area contributed by atoms with Crippen molar-refractivity contribution in [3.05, 3.63) is 24.2 Å². The van der Waals surface area contributed by atoms with Gasteiger partial charge in [-0.05, 0) is 27.7 Å². The summed E-state index contributed by atoms with van der Waals surface area (Å²) < 4.78 is 7.42. The second kappa shape index (κ2) is 5.69. The van der Waals surface area contributed by atoms with Crippen molar-refractivity contribution in [2.75, 3.05) is 5.32 Å². The quantitative estimate of drug-likeness (QED) is 0.896. The SMILES string of the molecule is CCn1cc(Nc2nc(C)cc(OC(C)C)n2)cn1. The van der Waals surface area contributed by atoms with Crippen LogP contribution >= 0.6 is 0 Å². The van der Waals surface area contributed by atoms with Crippen LogP contribution in [0.3, 0.4) is 0 Å². The third-order valence-corrected chi connectivity index (χ3v) is 2.40. The van der Waals surface area contributed by atoms with Gasteiger partial charge in [0.15, 0.2) is 0 Å². The fourth-order valence-electron chi connectivity index (χ4n) is 1.63. The molecule has 0 atom stereocenters. The normalized spacial score (nSPS) is 10.8. The summed E-state index contributed by atoms with van der Waals surface area (Å²) in [5.74, 6) is 1.10. The maximum Gasteiger partial charge on any atom is 0.230 e. The third kappa shape index (κ3) is 3.67. The van der Waals surface area contributed by atoms with E-state index in [4.69, 9.17) is 4.74 Å². The zero-order valence-corrected chi connectivity index (χ0v) is 11.7. The van der Waals surface area contributed by atoms with E-state index in [9.17, 15) is 0 Å². The lowest BCUT2D eigenvalue weighted by atomic mass is 10.4. The zero-order chi connectivity index (χ0) is 13.8. The summed E-state index contributed by atoms with van der Waals surface area (Å²) in [4.78, 5) is 8.65.